The van der Waals surface area contributed by atoms with E-state index >= 15 is 0 Å². The number of carbonyl (C=O) groups excluding carboxylic acids is 1. The largest absolute Gasteiger partial charge is 0.352 e. The molecule has 1 aromatic carbocycles. The van der Waals surface area contributed by atoms with Gasteiger partial charge >= 0.3 is 0 Å². The van der Waals surface area contributed by atoms with Crippen molar-refractivity contribution in [3.63, 3.8) is 0 Å². The van der Waals surface area contributed by atoms with Gasteiger partial charge in [-0.25, -0.2) is 0 Å². The highest BCUT2D eigenvalue weighted by Gasteiger charge is 2.14. The first-order valence-corrected chi connectivity index (χ1v) is 6.73. The lowest BCUT2D eigenvalue weighted by Gasteiger charge is -2.06. The highest BCUT2D eigenvalue weighted by Crippen LogP contribution is 2.19. The number of rotatable bonds is 6. The molecule has 1 N–H and O–H groups in total. The zero-order valence-corrected chi connectivity index (χ0v) is 12.2. The molecule has 19 heavy (non-hydrogen) atoms. The van der Waals surface area contributed by atoms with E-state index in [4.69, 9.17) is 5.26 Å². The number of hydrogen-bond acceptors (Lipinski definition) is 4. The maximum Gasteiger partial charge on any atom is 0.270 e. The standard InChI is InChI=1S/C12H12IN3O3/c13-11-5-4-9(16(18)19)8-10(11)12(17)15-7-3-1-2-6-14/h4-5,8H,1-3,7H2,(H,15,17). The van der Waals surface area contributed by atoms with Crippen LogP contribution in [0.4, 0.5) is 5.69 Å². The van der Waals surface area contributed by atoms with Crippen LogP contribution in [-0.4, -0.2) is 17.4 Å². The average Bonchev–Trinajstić information content (AvgIpc) is 2.38. The number of amides is 1. The SMILES string of the molecule is N#CCCCCNC(=O)c1cc([N+](=O)[O-])ccc1I. The van der Waals surface area contributed by atoms with Crippen molar-refractivity contribution in [2.45, 2.75) is 19.3 Å². The van der Waals surface area contributed by atoms with E-state index in [2.05, 4.69) is 5.32 Å². The Hall–Kier alpha value is -1.69. The number of non-ortho nitro benzene ring substituents is 1. The normalized spacial score (nSPS) is 9.68. The second-order valence-electron chi connectivity index (χ2n) is 3.79. The Balaban J connectivity index is 2.64. The fourth-order valence-corrected chi connectivity index (χ4v) is 2.01. The highest BCUT2D eigenvalue weighted by atomic mass is 127. The fraction of sp³-hybridized carbons (Fsp3) is 0.333. The fourth-order valence-electron chi connectivity index (χ4n) is 1.43. The van der Waals surface area contributed by atoms with Crippen LogP contribution in [-0.2, 0) is 0 Å². The number of nitriles is 1. The number of nitro groups is 1. The van der Waals surface area contributed by atoms with Crippen molar-refractivity contribution in [1.29, 1.82) is 5.26 Å². The summed E-state index contributed by atoms with van der Waals surface area (Å²) in [6, 6.07) is 6.21. The maximum absolute atomic E-state index is 11.9. The summed E-state index contributed by atoms with van der Waals surface area (Å²) >= 11 is 1.96. The molecular weight excluding hydrogens is 361 g/mol. The van der Waals surface area contributed by atoms with Crippen LogP contribution >= 0.6 is 22.6 Å². The molecule has 0 fully saturated rings. The van der Waals surface area contributed by atoms with E-state index in [1.807, 2.05) is 28.7 Å². The number of nitrogens with one attached hydrogen (secondary N) is 1. The molecule has 1 rings (SSSR count). The van der Waals surface area contributed by atoms with Gasteiger partial charge in [-0.15, -0.1) is 0 Å². The lowest BCUT2D eigenvalue weighted by Crippen LogP contribution is -2.25. The smallest absolute Gasteiger partial charge is 0.270 e. The predicted octanol–water partition coefficient (Wildman–Crippen LogP) is 2.62. The molecule has 0 unspecified atom stereocenters. The topological polar surface area (TPSA) is 96.0 Å². The summed E-state index contributed by atoms with van der Waals surface area (Å²) in [5, 5.41) is 21.7. The Morgan fingerprint density at radius 3 is 2.84 bits per heavy atom. The number of halogens is 1. The van der Waals surface area contributed by atoms with Crippen molar-refractivity contribution in [2.24, 2.45) is 0 Å². The number of nitro benzene ring substituents is 1. The van der Waals surface area contributed by atoms with Gasteiger partial charge in [-0.3, -0.25) is 14.9 Å². The first-order chi connectivity index (χ1) is 9.06. The first-order valence-electron chi connectivity index (χ1n) is 5.65. The van der Waals surface area contributed by atoms with Gasteiger partial charge in [0.1, 0.15) is 0 Å². The van der Waals surface area contributed by atoms with Crippen molar-refractivity contribution in [3.8, 4) is 6.07 Å². The summed E-state index contributed by atoms with van der Waals surface area (Å²) in [5.41, 5.74) is 0.199. The van der Waals surface area contributed by atoms with Crippen LogP contribution in [0.5, 0.6) is 0 Å². The summed E-state index contributed by atoms with van der Waals surface area (Å²) in [7, 11) is 0. The van der Waals surface area contributed by atoms with Crippen molar-refractivity contribution in [1.82, 2.24) is 5.32 Å². The van der Waals surface area contributed by atoms with Crippen molar-refractivity contribution in [3.05, 3.63) is 37.4 Å². The predicted molar refractivity (Wildman–Crippen MR) is 77.6 cm³/mol. The van der Waals surface area contributed by atoms with Gasteiger partial charge in [-0.05, 0) is 41.5 Å². The molecule has 0 bridgehead atoms. The van der Waals surface area contributed by atoms with Crippen LogP contribution in [0.25, 0.3) is 0 Å². The molecule has 6 nitrogen and oxygen atoms in total. The first kappa shape index (κ1) is 15.4. The molecule has 0 aliphatic carbocycles. The van der Waals surface area contributed by atoms with Gasteiger partial charge in [-0.2, -0.15) is 5.26 Å². The molecule has 0 spiro atoms. The molecule has 1 aromatic rings. The van der Waals surface area contributed by atoms with E-state index in [9.17, 15) is 14.9 Å². The zero-order chi connectivity index (χ0) is 14.3. The minimum atomic E-state index is -0.528. The Labute approximate surface area is 124 Å². The molecule has 0 heterocycles. The Kier molecular flexibility index (Phi) is 6.21. The number of unbranched alkanes of at least 4 members (excludes halogenated alkanes) is 2. The molecule has 0 aliphatic rings. The van der Waals surface area contributed by atoms with Gasteiger partial charge in [-0.1, -0.05) is 0 Å². The number of carbonyl (C=O) groups is 1. The minimum absolute atomic E-state index is 0.102. The summed E-state index contributed by atoms with van der Waals surface area (Å²) in [5.74, 6) is -0.329. The summed E-state index contributed by atoms with van der Waals surface area (Å²) in [6.07, 6.45) is 1.90. The monoisotopic (exact) mass is 373 g/mol. The third-order valence-electron chi connectivity index (χ3n) is 2.41. The third kappa shape index (κ3) is 4.82. The second kappa shape index (κ2) is 7.68. The van der Waals surface area contributed by atoms with Crippen LogP contribution < -0.4 is 5.32 Å². The van der Waals surface area contributed by atoms with Gasteiger partial charge in [0.2, 0.25) is 0 Å². The molecule has 1 amide bonds. The van der Waals surface area contributed by atoms with E-state index in [-0.39, 0.29) is 11.6 Å². The molecule has 0 radical (unpaired) electrons. The number of nitrogens with zero attached hydrogens (tertiary/aromatic N) is 2. The van der Waals surface area contributed by atoms with Crippen molar-refractivity contribution in [2.75, 3.05) is 6.54 Å². The van der Waals surface area contributed by atoms with Crippen LogP contribution in [0, 0.1) is 25.0 Å². The average molecular weight is 373 g/mol. The summed E-state index contributed by atoms with van der Waals surface area (Å²) < 4.78 is 0.665. The second-order valence-corrected chi connectivity index (χ2v) is 4.95. The summed E-state index contributed by atoms with van der Waals surface area (Å²) in [6.45, 7) is 0.458. The molecule has 7 heteroatoms. The van der Waals surface area contributed by atoms with E-state index in [1.54, 1.807) is 6.07 Å². The number of hydrogen-bond donors (Lipinski definition) is 1. The third-order valence-corrected chi connectivity index (χ3v) is 3.35. The highest BCUT2D eigenvalue weighted by molar-refractivity contribution is 14.1. The van der Waals surface area contributed by atoms with Crippen molar-refractivity contribution < 1.29 is 9.72 Å². The minimum Gasteiger partial charge on any atom is -0.352 e. The maximum atomic E-state index is 11.9. The molecule has 0 atom stereocenters. The Morgan fingerprint density at radius 2 is 2.21 bits per heavy atom. The van der Waals surface area contributed by atoms with Gasteiger partial charge in [0.25, 0.3) is 11.6 Å². The van der Waals surface area contributed by atoms with Crippen LogP contribution in [0.3, 0.4) is 0 Å². The lowest BCUT2D eigenvalue weighted by atomic mass is 10.2. The molecule has 0 aliphatic heterocycles. The van der Waals surface area contributed by atoms with E-state index in [0.29, 0.717) is 28.5 Å². The van der Waals surface area contributed by atoms with Crippen LogP contribution in [0.2, 0.25) is 0 Å². The van der Waals surface area contributed by atoms with Crippen LogP contribution in [0.1, 0.15) is 29.6 Å². The van der Waals surface area contributed by atoms with Gasteiger partial charge in [0.05, 0.1) is 16.6 Å². The molecule has 100 valence electrons. The Morgan fingerprint density at radius 1 is 1.47 bits per heavy atom. The molecular formula is C12H12IN3O3. The van der Waals surface area contributed by atoms with E-state index in [0.717, 1.165) is 6.42 Å². The lowest BCUT2D eigenvalue weighted by molar-refractivity contribution is -0.384. The van der Waals surface area contributed by atoms with E-state index in [1.165, 1.54) is 12.1 Å². The quantitative estimate of drug-likeness (QED) is 0.359. The molecule has 0 saturated carbocycles. The number of benzene rings is 1. The van der Waals surface area contributed by atoms with Gasteiger partial charge in [0.15, 0.2) is 0 Å². The zero-order valence-electron chi connectivity index (χ0n) is 10.1. The Bertz CT molecular complexity index is 525. The van der Waals surface area contributed by atoms with Crippen LogP contribution in [0.15, 0.2) is 18.2 Å². The van der Waals surface area contributed by atoms with Gasteiger partial charge in [0, 0.05) is 28.7 Å². The van der Waals surface area contributed by atoms with Gasteiger partial charge < -0.3 is 5.32 Å². The van der Waals surface area contributed by atoms with E-state index < -0.39 is 4.92 Å². The summed E-state index contributed by atoms with van der Waals surface area (Å²) in [4.78, 5) is 22.0. The molecule has 0 saturated heterocycles. The molecule has 0 aromatic heterocycles. The van der Waals surface area contributed by atoms with Crippen molar-refractivity contribution >= 4 is 34.2 Å².